The summed E-state index contributed by atoms with van der Waals surface area (Å²) in [6, 6.07) is 10.6. The van der Waals surface area contributed by atoms with E-state index >= 15 is 0 Å². The molecule has 3 heteroatoms. The van der Waals surface area contributed by atoms with Gasteiger partial charge >= 0.3 is 6.09 Å². The molecule has 1 aromatic rings. The van der Waals surface area contributed by atoms with E-state index in [2.05, 4.69) is 30.3 Å². The molecule has 21 heavy (non-hydrogen) atoms. The number of benzene rings is 1. The van der Waals surface area contributed by atoms with Crippen molar-refractivity contribution < 1.29 is 9.53 Å². The summed E-state index contributed by atoms with van der Waals surface area (Å²) in [5, 5.41) is 0. The molecule has 1 aliphatic heterocycles. The first-order chi connectivity index (χ1) is 9.90. The van der Waals surface area contributed by atoms with Crippen molar-refractivity contribution in [3.63, 3.8) is 0 Å². The Hall–Kier alpha value is -1.51. The smallest absolute Gasteiger partial charge is 0.410 e. The number of carbonyl (C=O) groups excluding carboxylic acids is 1. The van der Waals surface area contributed by atoms with Crippen LogP contribution in [0.2, 0.25) is 0 Å². The van der Waals surface area contributed by atoms with Gasteiger partial charge in [-0.05, 0) is 44.6 Å². The first kappa shape index (κ1) is 14.4. The van der Waals surface area contributed by atoms with Crippen LogP contribution in [0.25, 0.3) is 0 Å². The summed E-state index contributed by atoms with van der Waals surface area (Å²) >= 11 is 0. The van der Waals surface area contributed by atoms with Gasteiger partial charge in [0, 0.05) is 19.0 Å². The summed E-state index contributed by atoms with van der Waals surface area (Å²) in [5.41, 5.74) is 1.23. The summed E-state index contributed by atoms with van der Waals surface area (Å²) < 4.78 is 5.55. The maximum absolute atomic E-state index is 12.4. The molecule has 0 radical (unpaired) electrons. The van der Waals surface area contributed by atoms with E-state index in [1.807, 2.05) is 25.7 Å². The van der Waals surface area contributed by atoms with E-state index in [1.165, 1.54) is 24.8 Å². The second kappa shape index (κ2) is 5.04. The first-order valence-electron chi connectivity index (χ1n) is 7.93. The Bertz CT molecular complexity index is 514. The molecule has 0 aromatic heterocycles. The Labute approximate surface area is 127 Å². The quantitative estimate of drug-likeness (QED) is 0.775. The summed E-state index contributed by atoms with van der Waals surface area (Å²) in [7, 11) is 0. The fourth-order valence-electron chi connectivity index (χ4n) is 3.72. The molecule has 0 bridgehead atoms. The van der Waals surface area contributed by atoms with Crippen molar-refractivity contribution in [1.29, 1.82) is 0 Å². The van der Waals surface area contributed by atoms with E-state index in [4.69, 9.17) is 4.74 Å². The van der Waals surface area contributed by atoms with Crippen LogP contribution < -0.4 is 0 Å². The van der Waals surface area contributed by atoms with Crippen LogP contribution in [0.15, 0.2) is 30.3 Å². The predicted molar refractivity (Wildman–Crippen MR) is 83.3 cm³/mol. The number of ether oxygens (including phenoxy) is 1. The molecule has 1 aromatic carbocycles. The highest BCUT2D eigenvalue weighted by Gasteiger charge is 2.52. The number of hydrogen-bond acceptors (Lipinski definition) is 2. The fraction of sp³-hybridized carbons (Fsp3) is 0.611. The normalized spacial score (nSPS) is 24.0. The number of likely N-dealkylation sites (tertiary alicyclic amines) is 1. The highest BCUT2D eigenvalue weighted by molar-refractivity contribution is 5.69. The van der Waals surface area contributed by atoms with E-state index in [0.717, 1.165) is 13.1 Å². The molecule has 1 saturated carbocycles. The molecule has 1 amide bonds. The van der Waals surface area contributed by atoms with Crippen molar-refractivity contribution in [3.05, 3.63) is 35.9 Å². The Morgan fingerprint density at radius 2 is 1.90 bits per heavy atom. The molecule has 0 N–H and O–H groups in total. The molecule has 2 aliphatic rings. The second-order valence-corrected chi connectivity index (χ2v) is 7.54. The van der Waals surface area contributed by atoms with Gasteiger partial charge in [0.05, 0.1) is 0 Å². The van der Waals surface area contributed by atoms with E-state index in [0.29, 0.717) is 5.92 Å². The SMILES string of the molecule is CC(C)(C)OC(=O)N1CC(c2ccccc2)C2(CCC2)C1. The zero-order valence-electron chi connectivity index (χ0n) is 13.3. The van der Waals surface area contributed by atoms with E-state index < -0.39 is 5.60 Å². The molecule has 1 saturated heterocycles. The van der Waals surface area contributed by atoms with Crippen LogP contribution in [0.3, 0.4) is 0 Å². The number of carbonyl (C=O) groups is 1. The third-order valence-corrected chi connectivity index (χ3v) is 4.85. The Morgan fingerprint density at radius 3 is 2.43 bits per heavy atom. The minimum absolute atomic E-state index is 0.160. The van der Waals surface area contributed by atoms with Gasteiger partial charge in [-0.25, -0.2) is 4.79 Å². The zero-order chi connectivity index (χ0) is 15.1. The first-order valence-corrected chi connectivity index (χ1v) is 7.93. The number of rotatable bonds is 1. The van der Waals surface area contributed by atoms with Gasteiger partial charge in [0.1, 0.15) is 5.60 Å². The third kappa shape index (κ3) is 2.78. The van der Waals surface area contributed by atoms with E-state index in [-0.39, 0.29) is 11.5 Å². The van der Waals surface area contributed by atoms with Gasteiger partial charge in [0.2, 0.25) is 0 Å². The molecule has 1 heterocycles. The minimum atomic E-state index is -0.422. The third-order valence-electron chi connectivity index (χ3n) is 4.85. The standard InChI is InChI=1S/C18H25NO2/c1-17(2,3)21-16(20)19-12-15(14-8-5-4-6-9-14)18(13-19)10-7-11-18/h4-6,8-9,15H,7,10-13H2,1-3H3. The van der Waals surface area contributed by atoms with Crippen molar-refractivity contribution in [2.75, 3.05) is 13.1 Å². The lowest BCUT2D eigenvalue weighted by Gasteiger charge is -2.43. The van der Waals surface area contributed by atoms with Gasteiger partial charge < -0.3 is 9.64 Å². The van der Waals surface area contributed by atoms with Crippen molar-refractivity contribution in [2.45, 2.75) is 51.6 Å². The predicted octanol–water partition coefficient (Wildman–Crippen LogP) is 4.19. The number of hydrogen-bond donors (Lipinski definition) is 0. The van der Waals surface area contributed by atoms with Crippen LogP contribution >= 0.6 is 0 Å². The lowest BCUT2D eigenvalue weighted by molar-refractivity contribution is 0.0244. The van der Waals surface area contributed by atoms with Crippen molar-refractivity contribution >= 4 is 6.09 Å². The summed E-state index contributed by atoms with van der Waals surface area (Å²) in [6.45, 7) is 7.42. The van der Waals surface area contributed by atoms with Crippen LogP contribution in [0.1, 0.15) is 51.5 Å². The fourth-order valence-corrected chi connectivity index (χ4v) is 3.72. The van der Waals surface area contributed by atoms with Crippen LogP contribution in [-0.2, 0) is 4.74 Å². The van der Waals surface area contributed by atoms with Gasteiger partial charge in [-0.15, -0.1) is 0 Å². The van der Waals surface area contributed by atoms with Gasteiger partial charge in [-0.2, -0.15) is 0 Å². The Kier molecular flexibility index (Phi) is 3.46. The summed E-state index contributed by atoms with van der Waals surface area (Å²) in [4.78, 5) is 14.3. The monoisotopic (exact) mass is 287 g/mol. The van der Waals surface area contributed by atoms with Crippen LogP contribution in [0, 0.1) is 5.41 Å². The molecular formula is C18H25NO2. The highest BCUT2D eigenvalue weighted by Crippen LogP contribution is 2.55. The number of amides is 1. The Morgan fingerprint density at radius 1 is 1.24 bits per heavy atom. The highest BCUT2D eigenvalue weighted by atomic mass is 16.6. The average Bonchev–Trinajstić information content (AvgIpc) is 2.78. The summed E-state index contributed by atoms with van der Waals surface area (Å²) in [6.07, 6.45) is 3.58. The van der Waals surface area contributed by atoms with Crippen molar-refractivity contribution in [1.82, 2.24) is 4.90 Å². The van der Waals surface area contributed by atoms with Crippen molar-refractivity contribution in [2.24, 2.45) is 5.41 Å². The molecule has 114 valence electrons. The second-order valence-electron chi connectivity index (χ2n) is 7.54. The van der Waals surface area contributed by atoms with E-state index in [9.17, 15) is 4.79 Å². The molecule has 3 nitrogen and oxygen atoms in total. The molecule has 1 atom stereocenters. The van der Waals surface area contributed by atoms with Crippen LogP contribution in [0.4, 0.5) is 4.79 Å². The zero-order valence-corrected chi connectivity index (χ0v) is 13.3. The van der Waals surface area contributed by atoms with Gasteiger partial charge in [-0.3, -0.25) is 0 Å². The Balaban J connectivity index is 1.78. The molecule has 2 fully saturated rings. The largest absolute Gasteiger partial charge is 0.444 e. The minimum Gasteiger partial charge on any atom is -0.444 e. The maximum Gasteiger partial charge on any atom is 0.410 e. The molecule has 1 unspecified atom stereocenters. The van der Waals surface area contributed by atoms with Crippen LogP contribution in [-0.4, -0.2) is 29.7 Å². The lowest BCUT2D eigenvalue weighted by atomic mass is 9.61. The lowest BCUT2D eigenvalue weighted by Crippen LogP contribution is -2.39. The van der Waals surface area contributed by atoms with Crippen LogP contribution in [0.5, 0.6) is 0 Å². The van der Waals surface area contributed by atoms with Gasteiger partial charge in [0.15, 0.2) is 0 Å². The summed E-state index contributed by atoms with van der Waals surface area (Å²) in [5.74, 6) is 0.458. The van der Waals surface area contributed by atoms with Crippen molar-refractivity contribution in [3.8, 4) is 0 Å². The topological polar surface area (TPSA) is 29.5 Å². The average molecular weight is 287 g/mol. The molecule has 1 spiro atoms. The van der Waals surface area contributed by atoms with Gasteiger partial charge in [-0.1, -0.05) is 36.8 Å². The molecule has 3 rings (SSSR count). The number of nitrogens with zero attached hydrogens (tertiary/aromatic N) is 1. The van der Waals surface area contributed by atoms with Gasteiger partial charge in [0.25, 0.3) is 0 Å². The maximum atomic E-state index is 12.4. The molecular weight excluding hydrogens is 262 g/mol. The molecule has 1 aliphatic carbocycles. The van der Waals surface area contributed by atoms with E-state index in [1.54, 1.807) is 0 Å².